The zero-order valence-corrected chi connectivity index (χ0v) is 13.5. The van der Waals surface area contributed by atoms with Crippen LogP contribution in [0.15, 0.2) is 12.2 Å². The van der Waals surface area contributed by atoms with E-state index in [4.69, 9.17) is 4.74 Å². The average molecular weight is 311 g/mol. The molecule has 1 fully saturated rings. The van der Waals surface area contributed by atoms with E-state index in [2.05, 4.69) is 23.9 Å². The van der Waals surface area contributed by atoms with Crippen molar-refractivity contribution in [2.45, 2.75) is 46.1 Å². The van der Waals surface area contributed by atoms with Gasteiger partial charge in [0.2, 0.25) is 0 Å². The van der Waals surface area contributed by atoms with Crippen molar-refractivity contribution in [3.8, 4) is 0 Å². The van der Waals surface area contributed by atoms with Crippen molar-refractivity contribution in [3.05, 3.63) is 12.2 Å². The third-order valence-corrected chi connectivity index (χ3v) is 4.04. The van der Waals surface area contributed by atoms with Crippen LogP contribution >= 0.6 is 0 Å². The van der Waals surface area contributed by atoms with Crippen molar-refractivity contribution in [3.63, 3.8) is 0 Å². The molecule has 0 aromatic rings. The third-order valence-electron chi connectivity index (χ3n) is 4.04. The first-order valence-corrected chi connectivity index (χ1v) is 7.75. The van der Waals surface area contributed by atoms with E-state index in [1.165, 1.54) is 6.42 Å². The first kappa shape index (κ1) is 18.2. The third kappa shape index (κ3) is 6.28. The number of hydrogen-bond acceptors (Lipinski definition) is 5. The molecule has 1 rings (SSSR count). The lowest BCUT2D eigenvalue weighted by molar-refractivity contribution is -0.144. The quantitative estimate of drug-likeness (QED) is 0.595. The average Bonchev–Trinajstić information content (AvgIpc) is 2.48. The lowest BCUT2D eigenvalue weighted by atomic mass is 9.78. The van der Waals surface area contributed by atoms with E-state index in [0.29, 0.717) is 11.8 Å². The number of hydrogen-bond donors (Lipinski definition) is 1. The first-order chi connectivity index (χ1) is 10.4. The SMILES string of the molecule is CCOC(=O)/C=C/C(=O)OCC(=O)N[C@@H]1CCC[C@H](C)[C@@H]1C. The molecule has 0 aromatic heterocycles. The van der Waals surface area contributed by atoms with Gasteiger partial charge in [0.15, 0.2) is 6.61 Å². The molecule has 22 heavy (non-hydrogen) atoms. The smallest absolute Gasteiger partial charge is 0.331 e. The van der Waals surface area contributed by atoms with Gasteiger partial charge in [0.1, 0.15) is 0 Å². The molecule has 0 bridgehead atoms. The highest BCUT2D eigenvalue weighted by molar-refractivity contribution is 5.92. The van der Waals surface area contributed by atoms with Crippen LogP contribution in [0, 0.1) is 11.8 Å². The van der Waals surface area contributed by atoms with E-state index in [1.807, 2.05) is 0 Å². The van der Waals surface area contributed by atoms with Gasteiger partial charge in [-0.2, -0.15) is 0 Å². The molecule has 0 aliphatic heterocycles. The molecule has 3 atom stereocenters. The summed E-state index contributed by atoms with van der Waals surface area (Å²) in [5.41, 5.74) is 0. The maximum absolute atomic E-state index is 11.8. The lowest BCUT2D eigenvalue weighted by Crippen LogP contribution is -2.45. The summed E-state index contributed by atoms with van der Waals surface area (Å²) >= 11 is 0. The summed E-state index contributed by atoms with van der Waals surface area (Å²) in [6, 6.07) is 0.130. The largest absolute Gasteiger partial charge is 0.463 e. The highest BCUT2D eigenvalue weighted by Crippen LogP contribution is 2.29. The molecule has 1 aliphatic carbocycles. The number of amides is 1. The molecule has 1 N–H and O–H groups in total. The minimum absolute atomic E-state index is 0.130. The molecule has 6 nitrogen and oxygen atoms in total. The molecule has 6 heteroatoms. The summed E-state index contributed by atoms with van der Waals surface area (Å²) in [6.07, 6.45) is 5.17. The van der Waals surface area contributed by atoms with Crippen LogP contribution in [-0.4, -0.2) is 37.1 Å². The van der Waals surface area contributed by atoms with Crippen molar-refractivity contribution in [1.82, 2.24) is 5.32 Å². The van der Waals surface area contributed by atoms with Gasteiger partial charge in [-0.25, -0.2) is 9.59 Å². The maximum atomic E-state index is 11.8. The van der Waals surface area contributed by atoms with E-state index in [-0.39, 0.29) is 25.2 Å². The second kappa shape index (κ2) is 9.23. The molecule has 0 radical (unpaired) electrons. The van der Waals surface area contributed by atoms with E-state index in [9.17, 15) is 14.4 Å². The van der Waals surface area contributed by atoms with Gasteiger partial charge in [-0.05, 0) is 25.2 Å². The normalized spacial score (nSPS) is 24.8. The van der Waals surface area contributed by atoms with Crippen molar-refractivity contribution in [2.75, 3.05) is 13.2 Å². The summed E-state index contributed by atoms with van der Waals surface area (Å²) in [6.45, 7) is 5.87. The number of ether oxygens (including phenoxy) is 2. The molecular weight excluding hydrogens is 286 g/mol. The lowest BCUT2D eigenvalue weighted by Gasteiger charge is -2.34. The summed E-state index contributed by atoms with van der Waals surface area (Å²) in [7, 11) is 0. The summed E-state index contributed by atoms with van der Waals surface area (Å²) in [5.74, 6) is -0.683. The topological polar surface area (TPSA) is 81.7 Å². The number of carbonyl (C=O) groups is 3. The van der Waals surface area contributed by atoms with Crippen LogP contribution < -0.4 is 5.32 Å². The summed E-state index contributed by atoms with van der Waals surface area (Å²) in [4.78, 5) is 34.2. The van der Waals surface area contributed by atoms with E-state index in [1.54, 1.807) is 6.92 Å². The second-order valence-electron chi connectivity index (χ2n) is 5.63. The number of esters is 2. The fraction of sp³-hybridized carbons (Fsp3) is 0.688. The zero-order valence-electron chi connectivity index (χ0n) is 13.5. The molecule has 1 aliphatic rings. The minimum Gasteiger partial charge on any atom is -0.463 e. The molecule has 1 amide bonds. The Balaban J connectivity index is 2.30. The highest BCUT2D eigenvalue weighted by Gasteiger charge is 2.28. The van der Waals surface area contributed by atoms with E-state index < -0.39 is 11.9 Å². The molecule has 0 aromatic carbocycles. The van der Waals surface area contributed by atoms with Crippen LogP contribution in [-0.2, 0) is 23.9 Å². The molecule has 0 saturated heterocycles. The van der Waals surface area contributed by atoms with Gasteiger partial charge in [-0.15, -0.1) is 0 Å². The molecule has 0 unspecified atom stereocenters. The van der Waals surface area contributed by atoms with E-state index >= 15 is 0 Å². The van der Waals surface area contributed by atoms with Crippen LogP contribution in [0.25, 0.3) is 0 Å². The number of nitrogens with one attached hydrogen (secondary N) is 1. The fourth-order valence-corrected chi connectivity index (χ4v) is 2.55. The Bertz CT molecular complexity index is 432. The number of rotatable bonds is 6. The molecule has 0 heterocycles. The van der Waals surface area contributed by atoms with Gasteiger partial charge >= 0.3 is 11.9 Å². The van der Waals surface area contributed by atoms with Crippen molar-refractivity contribution in [1.29, 1.82) is 0 Å². The standard InChI is InChI=1S/C16H25NO5/c1-4-21-15(19)8-9-16(20)22-10-14(18)17-13-7-5-6-11(2)12(13)3/h8-9,11-13H,4-7,10H2,1-3H3,(H,17,18)/b9-8+/t11-,12-,13+/m0/s1. The second-order valence-corrected chi connectivity index (χ2v) is 5.63. The first-order valence-electron chi connectivity index (χ1n) is 7.75. The highest BCUT2D eigenvalue weighted by atomic mass is 16.5. The monoisotopic (exact) mass is 311 g/mol. The van der Waals surface area contributed by atoms with Crippen LogP contribution in [0.5, 0.6) is 0 Å². The van der Waals surface area contributed by atoms with Crippen LogP contribution in [0.1, 0.15) is 40.0 Å². The van der Waals surface area contributed by atoms with Crippen LogP contribution in [0.3, 0.4) is 0 Å². The predicted octanol–water partition coefficient (Wildman–Crippen LogP) is 1.59. The van der Waals surface area contributed by atoms with Gasteiger partial charge in [-0.3, -0.25) is 4.79 Å². The predicted molar refractivity (Wildman–Crippen MR) is 80.8 cm³/mol. The Kier molecular flexibility index (Phi) is 7.63. The minimum atomic E-state index is -0.742. The maximum Gasteiger partial charge on any atom is 0.331 e. The van der Waals surface area contributed by atoms with Gasteiger partial charge < -0.3 is 14.8 Å². The summed E-state index contributed by atoms with van der Waals surface area (Å²) < 4.78 is 9.42. The van der Waals surface area contributed by atoms with E-state index in [0.717, 1.165) is 25.0 Å². The Hall–Kier alpha value is -1.85. The Morgan fingerprint density at radius 3 is 2.36 bits per heavy atom. The Morgan fingerprint density at radius 1 is 1.09 bits per heavy atom. The molecule has 0 spiro atoms. The van der Waals surface area contributed by atoms with Crippen molar-refractivity contribution < 1.29 is 23.9 Å². The molecule has 124 valence electrons. The van der Waals surface area contributed by atoms with Gasteiger partial charge in [0.25, 0.3) is 5.91 Å². The van der Waals surface area contributed by atoms with Crippen LogP contribution in [0.4, 0.5) is 0 Å². The van der Waals surface area contributed by atoms with Crippen molar-refractivity contribution >= 4 is 17.8 Å². The Labute approximate surface area is 131 Å². The van der Waals surface area contributed by atoms with Gasteiger partial charge in [0, 0.05) is 18.2 Å². The molecule has 1 saturated carbocycles. The Morgan fingerprint density at radius 2 is 1.73 bits per heavy atom. The fourth-order valence-electron chi connectivity index (χ4n) is 2.55. The van der Waals surface area contributed by atoms with Gasteiger partial charge in [-0.1, -0.05) is 26.7 Å². The van der Waals surface area contributed by atoms with Crippen LogP contribution in [0.2, 0.25) is 0 Å². The van der Waals surface area contributed by atoms with Gasteiger partial charge in [0.05, 0.1) is 6.61 Å². The zero-order chi connectivity index (χ0) is 16.5. The number of carbonyl (C=O) groups excluding carboxylic acids is 3. The van der Waals surface area contributed by atoms with Crippen molar-refractivity contribution in [2.24, 2.45) is 11.8 Å². The summed E-state index contributed by atoms with van der Waals surface area (Å²) in [5, 5.41) is 2.91. The molecular formula is C16H25NO5.